The molecule has 6 heteroatoms. The molecule has 0 radical (unpaired) electrons. The van der Waals surface area contributed by atoms with E-state index in [4.69, 9.17) is 9.84 Å². The Morgan fingerprint density at radius 3 is 2.90 bits per heavy atom. The van der Waals surface area contributed by atoms with Crippen molar-refractivity contribution in [2.75, 3.05) is 19.8 Å². The Morgan fingerprint density at radius 1 is 1.50 bits per heavy atom. The third kappa shape index (κ3) is 3.32. The maximum atomic E-state index is 13.5. The average Bonchev–Trinajstić information content (AvgIpc) is 2.42. The number of benzene rings is 1. The molecule has 1 heterocycles. The fraction of sp³-hybridized carbons (Fsp3) is 0.500. The SMILES string of the molecule is CC1COC(CO)CN1C(=O)Cc1ccc(F)cc1F. The van der Waals surface area contributed by atoms with Crippen LogP contribution >= 0.6 is 0 Å². The van der Waals surface area contributed by atoms with Gasteiger partial charge in [0.1, 0.15) is 11.6 Å². The first-order valence-electron chi connectivity index (χ1n) is 6.47. The highest BCUT2D eigenvalue weighted by Gasteiger charge is 2.29. The molecule has 1 fully saturated rings. The van der Waals surface area contributed by atoms with Gasteiger partial charge in [0.15, 0.2) is 0 Å². The number of aliphatic hydroxyl groups is 1. The summed E-state index contributed by atoms with van der Waals surface area (Å²) in [5.74, 6) is -1.65. The van der Waals surface area contributed by atoms with E-state index in [1.165, 1.54) is 6.07 Å². The van der Waals surface area contributed by atoms with E-state index in [0.717, 1.165) is 12.1 Å². The van der Waals surface area contributed by atoms with Crippen LogP contribution in [0.1, 0.15) is 12.5 Å². The van der Waals surface area contributed by atoms with Gasteiger partial charge in [0.2, 0.25) is 5.91 Å². The smallest absolute Gasteiger partial charge is 0.227 e. The summed E-state index contributed by atoms with van der Waals surface area (Å²) in [6.07, 6.45) is -0.539. The summed E-state index contributed by atoms with van der Waals surface area (Å²) in [6, 6.07) is 3.04. The quantitative estimate of drug-likeness (QED) is 0.905. The lowest BCUT2D eigenvalue weighted by atomic mass is 10.1. The summed E-state index contributed by atoms with van der Waals surface area (Å²) in [4.78, 5) is 13.8. The normalized spacial score (nSPS) is 22.9. The molecule has 1 aliphatic rings. The maximum Gasteiger partial charge on any atom is 0.227 e. The van der Waals surface area contributed by atoms with Gasteiger partial charge in [-0.3, -0.25) is 4.79 Å². The second-order valence-corrected chi connectivity index (χ2v) is 4.95. The highest BCUT2D eigenvalue weighted by molar-refractivity contribution is 5.79. The summed E-state index contributed by atoms with van der Waals surface area (Å²) in [7, 11) is 0. The number of carbonyl (C=O) groups excluding carboxylic acids is 1. The Hall–Kier alpha value is -1.53. The van der Waals surface area contributed by atoms with Crippen LogP contribution in [-0.4, -0.2) is 47.8 Å². The second kappa shape index (κ2) is 6.28. The first kappa shape index (κ1) is 14.9. The maximum absolute atomic E-state index is 13.5. The Balaban J connectivity index is 2.06. The van der Waals surface area contributed by atoms with Gasteiger partial charge in [-0.15, -0.1) is 0 Å². The van der Waals surface area contributed by atoms with E-state index < -0.39 is 17.7 Å². The van der Waals surface area contributed by atoms with Crippen LogP contribution in [0, 0.1) is 11.6 Å². The van der Waals surface area contributed by atoms with E-state index in [9.17, 15) is 13.6 Å². The fourth-order valence-corrected chi connectivity index (χ4v) is 2.20. The minimum atomic E-state index is -0.724. The number of hydrogen-bond donors (Lipinski definition) is 1. The molecule has 2 atom stereocenters. The summed E-state index contributed by atoms with van der Waals surface area (Å²) in [6.45, 7) is 2.27. The van der Waals surface area contributed by atoms with Gasteiger partial charge in [0.25, 0.3) is 0 Å². The van der Waals surface area contributed by atoms with Crippen LogP contribution in [0.4, 0.5) is 8.78 Å². The molecule has 1 amide bonds. The first-order valence-corrected chi connectivity index (χ1v) is 6.47. The molecular formula is C14H17F2NO3. The molecule has 1 aliphatic heterocycles. The zero-order valence-corrected chi connectivity index (χ0v) is 11.2. The van der Waals surface area contributed by atoms with Crippen molar-refractivity contribution in [3.05, 3.63) is 35.4 Å². The van der Waals surface area contributed by atoms with Crippen molar-refractivity contribution in [1.82, 2.24) is 4.90 Å². The summed E-state index contributed by atoms with van der Waals surface area (Å²) >= 11 is 0. The molecule has 110 valence electrons. The Bertz CT molecular complexity index is 495. The predicted molar refractivity (Wildman–Crippen MR) is 68.1 cm³/mol. The lowest BCUT2D eigenvalue weighted by Crippen LogP contribution is -2.52. The topological polar surface area (TPSA) is 49.8 Å². The van der Waals surface area contributed by atoms with Gasteiger partial charge in [-0.25, -0.2) is 8.78 Å². The number of aliphatic hydroxyl groups excluding tert-OH is 1. The predicted octanol–water partition coefficient (Wildman–Crippen LogP) is 1.12. The van der Waals surface area contributed by atoms with Gasteiger partial charge in [0.05, 0.1) is 31.8 Å². The first-order chi connectivity index (χ1) is 9.51. The molecule has 1 aromatic carbocycles. The molecule has 0 aliphatic carbocycles. The number of morpholine rings is 1. The lowest BCUT2D eigenvalue weighted by molar-refractivity contribution is -0.145. The van der Waals surface area contributed by atoms with Crippen LogP contribution in [0.5, 0.6) is 0 Å². The standard InChI is InChI=1S/C14H17F2NO3/c1-9-8-20-12(7-18)6-17(9)14(19)4-10-2-3-11(15)5-13(10)16/h2-3,5,9,12,18H,4,6-8H2,1H3. The van der Waals surface area contributed by atoms with Gasteiger partial charge >= 0.3 is 0 Å². The van der Waals surface area contributed by atoms with Gasteiger partial charge in [-0.2, -0.15) is 0 Å². The van der Waals surface area contributed by atoms with Crippen molar-refractivity contribution in [2.45, 2.75) is 25.5 Å². The minimum Gasteiger partial charge on any atom is -0.394 e. The van der Waals surface area contributed by atoms with Crippen LogP contribution in [0.2, 0.25) is 0 Å². The number of halogens is 2. The molecule has 4 nitrogen and oxygen atoms in total. The van der Waals surface area contributed by atoms with E-state index in [1.807, 2.05) is 6.92 Å². The number of carbonyl (C=O) groups is 1. The molecule has 20 heavy (non-hydrogen) atoms. The molecule has 2 rings (SSSR count). The van der Waals surface area contributed by atoms with Gasteiger partial charge < -0.3 is 14.7 Å². The van der Waals surface area contributed by atoms with Crippen molar-refractivity contribution in [3.63, 3.8) is 0 Å². The van der Waals surface area contributed by atoms with E-state index >= 15 is 0 Å². The van der Waals surface area contributed by atoms with Gasteiger partial charge in [-0.1, -0.05) is 6.07 Å². The fourth-order valence-electron chi connectivity index (χ4n) is 2.20. The van der Waals surface area contributed by atoms with Crippen molar-refractivity contribution in [1.29, 1.82) is 0 Å². The van der Waals surface area contributed by atoms with E-state index in [2.05, 4.69) is 0 Å². The van der Waals surface area contributed by atoms with E-state index in [-0.39, 0.29) is 37.1 Å². The Labute approximate surface area is 116 Å². The van der Waals surface area contributed by atoms with Crippen LogP contribution in [0.3, 0.4) is 0 Å². The summed E-state index contributed by atoms with van der Waals surface area (Å²) in [5, 5.41) is 9.08. The third-order valence-electron chi connectivity index (χ3n) is 3.39. The molecule has 1 aromatic rings. The van der Waals surface area contributed by atoms with Crippen LogP contribution < -0.4 is 0 Å². The molecule has 0 bridgehead atoms. The molecule has 1 N–H and O–H groups in total. The number of ether oxygens (including phenoxy) is 1. The summed E-state index contributed by atoms with van der Waals surface area (Å²) in [5.41, 5.74) is 0.163. The Morgan fingerprint density at radius 2 is 2.25 bits per heavy atom. The number of rotatable bonds is 3. The van der Waals surface area contributed by atoms with Crippen LogP contribution in [0.25, 0.3) is 0 Å². The van der Waals surface area contributed by atoms with Gasteiger partial charge in [-0.05, 0) is 18.6 Å². The molecule has 0 aromatic heterocycles. The molecule has 2 unspecified atom stereocenters. The monoisotopic (exact) mass is 285 g/mol. The molecular weight excluding hydrogens is 268 g/mol. The molecule has 1 saturated heterocycles. The number of hydrogen-bond acceptors (Lipinski definition) is 3. The van der Waals surface area contributed by atoms with Crippen molar-refractivity contribution < 1.29 is 23.4 Å². The van der Waals surface area contributed by atoms with Gasteiger partial charge in [0, 0.05) is 12.6 Å². The summed E-state index contributed by atoms with van der Waals surface area (Å²) < 4.78 is 31.7. The van der Waals surface area contributed by atoms with E-state index in [1.54, 1.807) is 4.90 Å². The zero-order chi connectivity index (χ0) is 14.7. The van der Waals surface area contributed by atoms with Crippen LogP contribution in [0.15, 0.2) is 18.2 Å². The Kier molecular flexibility index (Phi) is 4.67. The van der Waals surface area contributed by atoms with Crippen molar-refractivity contribution >= 4 is 5.91 Å². The highest BCUT2D eigenvalue weighted by Crippen LogP contribution is 2.16. The average molecular weight is 285 g/mol. The molecule has 0 saturated carbocycles. The van der Waals surface area contributed by atoms with Crippen molar-refractivity contribution in [2.24, 2.45) is 0 Å². The third-order valence-corrected chi connectivity index (χ3v) is 3.39. The highest BCUT2D eigenvalue weighted by atomic mass is 19.1. The lowest BCUT2D eigenvalue weighted by Gasteiger charge is -2.37. The zero-order valence-electron chi connectivity index (χ0n) is 11.2. The second-order valence-electron chi connectivity index (χ2n) is 4.95. The number of amides is 1. The largest absolute Gasteiger partial charge is 0.394 e. The van der Waals surface area contributed by atoms with Crippen LogP contribution in [-0.2, 0) is 16.0 Å². The minimum absolute atomic E-state index is 0.130. The number of nitrogens with zero attached hydrogens (tertiary/aromatic N) is 1. The van der Waals surface area contributed by atoms with Crippen molar-refractivity contribution in [3.8, 4) is 0 Å². The van der Waals surface area contributed by atoms with E-state index in [0.29, 0.717) is 6.61 Å². The molecule has 0 spiro atoms.